The molecule has 2 aromatic rings. The van der Waals surface area contributed by atoms with Crippen molar-refractivity contribution < 1.29 is 14.7 Å². The topological polar surface area (TPSA) is 83.7 Å². The van der Waals surface area contributed by atoms with E-state index in [0.29, 0.717) is 17.6 Å². The number of aliphatic carboxylic acids is 1. The van der Waals surface area contributed by atoms with Crippen LogP contribution in [0, 0.1) is 6.92 Å². The van der Waals surface area contributed by atoms with Crippen LogP contribution < -0.4 is 5.32 Å². The molecule has 0 aliphatic rings. The second kappa shape index (κ2) is 5.09. The number of nitrogens with zero attached hydrogens (tertiary/aromatic N) is 2. The summed E-state index contributed by atoms with van der Waals surface area (Å²) in [5.41, 5.74) is 1.92. The summed E-state index contributed by atoms with van der Waals surface area (Å²) in [6.07, 6.45) is 3.92. The van der Waals surface area contributed by atoms with Gasteiger partial charge in [-0.25, -0.2) is 9.78 Å². The number of rotatable bonds is 4. The van der Waals surface area contributed by atoms with Crippen LogP contribution in [0.1, 0.15) is 29.4 Å². The van der Waals surface area contributed by atoms with Crippen molar-refractivity contribution in [3.8, 4) is 0 Å². The molecule has 0 aromatic carbocycles. The fourth-order valence-electron chi connectivity index (χ4n) is 1.83. The maximum Gasteiger partial charge on any atom is 0.326 e. The molecule has 1 atom stereocenters. The molecule has 0 bridgehead atoms. The van der Waals surface area contributed by atoms with Crippen LogP contribution in [0.15, 0.2) is 24.5 Å². The van der Waals surface area contributed by atoms with Gasteiger partial charge in [-0.05, 0) is 25.5 Å². The first-order valence-corrected chi connectivity index (χ1v) is 6.00. The zero-order valence-corrected chi connectivity index (χ0v) is 10.8. The average molecular weight is 261 g/mol. The average Bonchev–Trinajstić information content (AvgIpc) is 2.74. The molecule has 0 aliphatic heterocycles. The molecule has 0 saturated heterocycles. The Morgan fingerprint density at radius 2 is 2.26 bits per heavy atom. The highest BCUT2D eigenvalue weighted by atomic mass is 16.4. The molecular weight excluding hydrogens is 246 g/mol. The summed E-state index contributed by atoms with van der Waals surface area (Å²) in [6, 6.07) is 2.40. The third kappa shape index (κ3) is 2.73. The third-order valence-electron chi connectivity index (χ3n) is 2.85. The van der Waals surface area contributed by atoms with Crippen LogP contribution in [-0.2, 0) is 4.79 Å². The maximum atomic E-state index is 12.0. The number of aryl methyl sites for hydroxylation is 1. The fourth-order valence-corrected chi connectivity index (χ4v) is 1.83. The number of nitrogens with one attached hydrogen (secondary N) is 1. The largest absolute Gasteiger partial charge is 0.480 e. The Labute approximate surface area is 110 Å². The minimum absolute atomic E-state index is 0.339. The van der Waals surface area contributed by atoms with E-state index in [1.54, 1.807) is 29.7 Å². The first-order chi connectivity index (χ1) is 9.01. The SMILES string of the molecule is CCC(NC(=O)c1ccn2cc(C)nc2c1)C(=O)O. The number of imidazole rings is 1. The second-order valence-electron chi connectivity index (χ2n) is 4.34. The lowest BCUT2D eigenvalue weighted by molar-refractivity contribution is -0.139. The number of carbonyl (C=O) groups is 2. The lowest BCUT2D eigenvalue weighted by atomic mass is 10.2. The van der Waals surface area contributed by atoms with Crippen LogP contribution in [0.2, 0.25) is 0 Å². The highest BCUT2D eigenvalue weighted by molar-refractivity contribution is 5.97. The standard InChI is InChI=1S/C13H15N3O3/c1-3-10(13(18)19)15-12(17)9-4-5-16-7-8(2)14-11(16)6-9/h4-7,10H,3H2,1-2H3,(H,15,17)(H,18,19). The van der Waals surface area contributed by atoms with Crippen molar-refractivity contribution in [3.05, 3.63) is 35.8 Å². The lowest BCUT2D eigenvalue weighted by Gasteiger charge is -2.12. The maximum absolute atomic E-state index is 12.0. The van der Waals surface area contributed by atoms with E-state index in [9.17, 15) is 9.59 Å². The van der Waals surface area contributed by atoms with Crippen LogP contribution in [0.5, 0.6) is 0 Å². The molecule has 0 spiro atoms. The number of amides is 1. The summed E-state index contributed by atoms with van der Waals surface area (Å²) < 4.78 is 1.81. The van der Waals surface area contributed by atoms with Gasteiger partial charge in [0.1, 0.15) is 11.7 Å². The second-order valence-corrected chi connectivity index (χ2v) is 4.34. The molecule has 1 amide bonds. The molecule has 19 heavy (non-hydrogen) atoms. The summed E-state index contributed by atoms with van der Waals surface area (Å²) in [7, 11) is 0. The van der Waals surface area contributed by atoms with Crippen LogP contribution in [0.25, 0.3) is 5.65 Å². The molecular formula is C13H15N3O3. The van der Waals surface area contributed by atoms with Crippen molar-refractivity contribution in [1.82, 2.24) is 14.7 Å². The Morgan fingerprint density at radius 3 is 2.89 bits per heavy atom. The van der Waals surface area contributed by atoms with Gasteiger partial charge in [0.05, 0.1) is 5.69 Å². The third-order valence-corrected chi connectivity index (χ3v) is 2.85. The molecule has 6 nitrogen and oxygen atoms in total. The van der Waals surface area contributed by atoms with Gasteiger partial charge >= 0.3 is 5.97 Å². The summed E-state index contributed by atoms with van der Waals surface area (Å²) in [6.45, 7) is 3.57. The van der Waals surface area contributed by atoms with Crippen LogP contribution in [-0.4, -0.2) is 32.4 Å². The first kappa shape index (κ1) is 13.1. The van der Waals surface area contributed by atoms with Crippen molar-refractivity contribution in [2.75, 3.05) is 0 Å². The summed E-state index contributed by atoms with van der Waals surface area (Å²) in [4.78, 5) is 27.1. The molecule has 2 aromatic heterocycles. The van der Waals surface area contributed by atoms with Gasteiger partial charge in [-0.15, -0.1) is 0 Å². The van der Waals surface area contributed by atoms with Gasteiger partial charge in [-0.3, -0.25) is 4.79 Å². The van der Waals surface area contributed by atoms with Gasteiger partial charge < -0.3 is 14.8 Å². The number of aromatic nitrogens is 2. The van der Waals surface area contributed by atoms with E-state index < -0.39 is 17.9 Å². The van der Waals surface area contributed by atoms with E-state index in [0.717, 1.165) is 5.69 Å². The summed E-state index contributed by atoms with van der Waals surface area (Å²) in [5.74, 6) is -1.44. The Bertz CT molecular complexity index is 633. The number of pyridine rings is 1. The van der Waals surface area contributed by atoms with Crippen molar-refractivity contribution >= 4 is 17.5 Å². The van der Waals surface area contributed by atoms with E-state index in [1.165, 1.54) is 0 Å². The molecule has 2 heterocycles. The number of fused-ring (bicyclic) bond motifs is 1. The van der Waals surface area contributed by atoms with Gasteiger partial charge in [0, 0.05) is 18.0 Å². The number of carboxylic acids is 1. The molecule has 0 aliphatic carbocycles. The molecule has 6 heteroatoms. The first-order valence-electron chi connectivity index (χ1n) is 6.00. The monoisotopic (exact) mass is 261 g/mol. The zero-order chi connectivity index (χ0) is 14.0. The van der Waals surface area contributed by atoms with Crippen LogP contribution >= 0.6 is 0 Å². The van der Waals surface area contributed by atoms with Gasteiger partial charge in [0.15, 0.2) is 0 Å². The number of carbonyl (C=O) groups excluding carboxylic acids is 1. The molecule has 2 rings (SSSR count). The lowest BCUT2D eigenvalue weighted by Crippen LogP contribution is -2.40. The van der Waals surface area contributed by atoms with E-state index in [2.05, 4.69) is 10.3 Å². The predicted octanol–water partition coefficient (Wildman–Crippen LogP) is 1.24. The van der Waals surface area contributed by atoms with Gasteiger partial charge in [-0.2, -0.15) is 0 Å². The smallest absolute Gasteiger partial charge is 0.326 e. The Morgan fingerprint density at radius 1 is 1.53 bits per heavy atom. The quantitative estimate of drug-likeness (QED) is 0.867. The predicted molar refractivity (Wildman–Crippen MR) is 69.1 cm³/mol. The summed E-state index contributed by atoms with van der Waals surface area (Å²) in [5, 5.41) is 11.4. The molecule has 0 radical (unpaired) electrons. The van der Waals surface area contributed by atoms with Gasteiger partial charge in [-0.1, -0.05) is 6.92 Å². The molecule has 0 fully saturated rings. The van der Waals surface area contributed by atoms with Crippen LogP contribution in [0.4, 0.5) is 0 Å². The van der Waals surface area contributed by atoms with E-state index in [1.807, 2.05) is 13.1 Å². The van der Waals surface area contributed by atoms with Crippen molar-refractivity contribution in [2.24, 2.45) is 0 Å². The number of carboxylic acid groups (broad SMARTS) is 1. The molecule has 0 saturated carbocycles. The van der Waals surface area contributed by atoms with Crippen molar-refractivity contribution in [2.45, 2.75) is 26.3 Å². The number of hydrogen-bond donors (Lipinski definition) is 2. The Kier molecular flexibility index (Phi) is 3.50. The zero-order valence-electron chi connectivity index (χ0n) is 10.8. The van der Waals surface area contributed by atoms with E-state index in [4.69, 9.17) is 5.11 Å². The minimum atomic E-state index is -1.03. The normalized spacial score (nSPS) is 12.3. The minimum Gasteiger partial charge on any atom is -0.480 e. The number of hydrogen-bond acceptors (Lipinski definition) is 3. The highest BCUT2D eigenvalue weighted by Crippen LogP contribution is 2.08. The van der Waals surface area contributed by atoms with Crippen molar-refractivity contribution in [3.63, 3.8) is 0 Å². The van der Waals surface area contributed by atoms with E-state index in [-0.39, 0.29) is 0 Å². The van der Waals surface area contributed by atoms with Gasteiger partial charge in [0.2, 0.25) is 0 Å². The fraction of sp³-hybridized carbons (Fsp3) is 0.308. The van der Waals surface area contributed by atoms with E-state index >= 15 is 0 Å². The molecule has 1 unspecified atom stereocenters. The Balaban J connectivity index is 2.23. The highest BCUT2D eigenvalue weighted by Gasteiger charge is 2.18. The summed E-state index contributed by atoms with van der Waals surface area (Å²) >= 11 is 0. The molecule has 100 valence electrons. The van der Waals surface area contributed by atoms with Crippen molar-refractivity contribution in [1.29, 1.82) is 0 Å². The van der Waals surface area contributed by atoms with Gasteiger partial charge in [0.25, 0.3) is 5.91 Å². The Hall–Kier alpha value is -2.37. The van der Waals surface area contributed by atoms with Crippen LogP contribution in [0.3, 0.4) is 0 Å². The molecule has 2 N–H and O–H groups in total.